The second-order valence-corrected chi connectivity index (χ2v) is 6.89. The fourth-order valence-electron chi connectivity index (χ4n) is 3.24. The third-order valence-corrected chi connectivity index (χ3v) is 5.47. The number of hydrogen-bond acceptors (Lipinski definition) is 3. The molecule has 2 nitrogen and oxygen atoms in total. The molecule has 0 spiro atoms. The van der Waals surface area contributed by atoms with Crippen molar-refractivity contribution in [2.75, 3.05) is 13.1 Å². The maximum absolute atomic E-state index is 12.2. The van der Waals surface area contributed by atoms with Gasteiger partial charge in [-0.3, -0.25) is 9.69 Å². The number of thioether (sulfide) groups is 1. The molecular weight excluding hydrogens is 254 g/mol. The summed E-state index contributed by atoms with van der Waals surface area (Å²) in [4.78, 5) is 14.8. The predicted molar refractivity (Wildman–Crippen MR) is 80.6 cm³/mol. The predicted octanol–water partition coefficient (Wildman–Crippen LogP) is 3.58. The summed E-state index contributed by atoms with van der Waals surface area (Å²) in [5, 5.41) is 0.729. The number of carbonyl (C=O) groups is 1. The summed E-state index contributed by atoms with van der Waals surface area (Å²) in [5.41, 5.74) is 0.840. The van der Waals surface area contributed by atoms with E-state index in [2.05, 4.69) is 4.90 Å². The molecule has 3 rings (SSSR count). The Morgan fingerprint density at radius 2 is 1.84 bits per heavy atom. The second-order valence-electron chi connectivity index (χ2n) is 5.62. The number of benzene rings is 1. The molecule has 1 saturated carbocycles. The number of likely N-dealkylation sites (tertiary alicyclic amines) is 1. The molecule has 0 amide bonds. The molecule has 19 heavy (non-hydrogen) atoms. The lowest BCUT2D eigenvalue weighted by Crippen LogP contribution is -2.31. The van der Waals surface area contributed by atoms with E-state index >= 15 is 0 Å². The quantitative estimate of drug-likeness (QED) is 0.841. The highest BCUT2D eigenvalue weighted by Crippen LogP contribution is 2.31. The van der Waals surface area contributed by atoms with Crippen LogP contribution in [0.15, 0.2) is 30.3 Å². The Labute approximate surface area is 119 Å². The largest absolute Gasteiger partial charge is 0.299 e. The van der Waals surface area contributed by atoms with Gasteiger partial charge in [-0.1, -0.05) is 54.9 Å². The summed E-state index contributed by atoms with van der Waals surface area (Å²) in [6.07, 6.45) is 6.68. The summed E-state index contributed by atoms with van der Waals surface area (Å²) in [5.74, 6) is 0. The van der Waals surface area contributed by atoms with Crippen LogP contribution in [-0.4, -0.2) is 34.4 Å². The van der Waals surface area contributed by atoms with Crippen molar-refractivity contribution in [3.63, 3.8) is 0 Å². The van der Waals surface area contributed by atoms with Crippen LogP contribution < -0.4 is 0 Å². The summed E-state index contributed by atoms with van der Waals surface area (Å²) in [6.45, 7) is 2.29. The molecule has 0 aromatic heterocycles. The highest BCUT2D eigenvalue weighted by Gasteiger charge is 2.31. The standard InChI is InChI=1S/C16H21NOS/c18-16(13-6-2-1-3-7-13)19-15-10-11-17(12-15)14-8-4-5-9-14/h1-3,6-7,14-15H,4-5,8-12H2/t15-/m0/s1. The lowest BCUT2D eigenvalue weighted by molar-refractivity contribution is 0.108. The molecule has 1 aromatic carbocycles. The fraction of sp³-hybridized carbons (Fsp3) is 0.562. The van der Waals surface area contributed by atoms with Crippen LogP contribution in [0.3, 0.4) is 0 Å². The van der Waals surface area contributed by atoms with Gasteiger partial charge in [-0.25, -0.2) is 0 Å². The lowest BCUT2D eigenvalue weighted by Gasteiger charge is -2.23. The highest BCUT2D eigenvalue weighted by molar-refractivity contribution is 8.14. The molecule has 0 bridgehead atoms. The van der Waals surface area contributed by atoms with E-state index in [0.29, 0.717) is 5.25 Å². The number of hydrogen-bond donors (Lipinski definition) is 0. The zero-order chi connectivity index (χ0) is 13.1. The molecule has 2 fully saturated rings. The van der Waals surface area contributed by atoms with Crippen molar-refractivity contribution >= 4 is 16.9 Å². The van der Waals surface area contributed by atoms with E-state index in [4.69, 9.17) is 0 Å². The first kappa shape index (κ1) is 13.2. The van der Waals surface area contributed by atoms with Gasteiger partial charge in [0.2, 0.25) is 5.12 Å². The monoisotopic (exact) mass is 275 g/mol. The van der Waals surface area contributed by atoms with Gasteiger partial charge in [-0.2, -0.15) is 0 Å². The van der Waals surface area contributed by atoms with E-state index in [-0.39, 0.29) is 5.12 Å². The molecule has 1 aliphatic heterocycles. The van der Waals surface area contributed by atoms with Crippen LogP contribution in [0, 0.1) is 0 Å². The first-order valence-electron chi connectivity index (χ1n) is 7.33. The maximum atomic E-state index is 12.2. The molecule has 0 radical (unpaired) electrons. The SMILES string of the molecule is O=C(S[C@H]1CCN(C2CCCC2)C1)c1ccccc1. The minimum atomic E-state index is 0.235. The van der Waals surface area contributed by atoms with E-state index in [1.54, 1.807) is 11.8 Å². The van der Waals surface area contributed by atoms with Gasteiger partial charge >= 0.3 is 0 Å². The number of rotatable bonds is 3. The van der Waals surface area contributed by atoms with Crippen LogP contribution in [0.4, 0.5) is 0 Å². The third-order valence-electron chi connectivity index (χ3n) is 4.30. The molecular formula is C16H21NOS. The van der Waals surface area contributed by atoms with Crippen molar-refractivity contribution in [2.24, 2.45) is 0 Å². The van der Waals surface area contributed by atoms with Gasteiger partial charge in [0.25, 0.3) is 0 Å². The van der Waals surface area contributed by atoms with Crippen molar-refractivity contribution in [3.05, 3.63) is 35.9 Å². The van der Waals surface area contributed by atoms with Crippen molar-refractivity contribution in [3.8, 4) is 0 Å². The Morgan fingerprint density at radius 1 is 1.11 bits per heavy atom. The molecule has 2 aliphatic rings. The van der Waals surface area contributed by atoms with Crippen LogP contribution >= 0.6 is 11.8 Å². The van der Waals surface area contributed by atoms with Gasteiger partial charge in [0, 0.05) is 23.4 Å². The van der Waals surface area contributed by atoms with Crippen molar-refractivity contribution in [1.82, 2.24) is 4.90 Å². The first-order valence-corrected chi connectivity index (χ1v) is 8.21. The molecule has 1 aliphatic carbocycles. The topological polar surface area (TPSA) is 20.3 Å². The Kier molecular flexibility index (Phi) is 4.24. The zero-order valence-corrected chi connectivity index (χ0v) is 12.1. The fourth-order valence-corrected chi connectivity index (χ4v) is 4.31. The Bertz CT molecular complexity index is 428. The van der Waals surface area contributed by atoms with E-state index < -0.39 is 0 Å². The van der Waals surface area contributed by atoms with Crippen LogP contribution in [0.1, 0.15) is 42.5 Å². The summed E-state index contributed by atoms with van der Waals surface area (Å²) in [7, 11) is 0. The Hall–Kier alpha value is -0.800. The van der Waals surface area contributed by atoms with Crippen LogP contribution in [0.5, 0.6) is 0 Å². The van der Waals surface area contributed by atoms with Crippen LogP contribution in [0.2, 0.25) is 0 Å². The molecule has 3 heteroatoms. The van der Waals surface area contributed by atoms with Crippen LogP contribution in [0.25, 0.3) is 0 Å². The zero-order valence-electron chi connectivity index (χ0n) is 11.3. The molecule has 1 saturated heterocycles. The third kappa shape index (κ3) is 3.21. The smallest absolute Gasteiger partial charge is 0.219 e. The van der Waals surface area contributed by atoms with Crippen molar-refractivity contribution in [2.45, 2.75) is 43.4 Å². The molecule has 1 aromatic rings. The van der Waals surface area contributed by atoms with E-state index in [1.807, 2.05) is 30.3 Å². The summed E-state index contributed by atoms with van der Waals surface area (Å²) in [6, 6.07) is 10.5. The number of nitrogens with zero attached hydrogens (tertiary/aromatic N) is 1. The molecule has 0 unspecified atom stereocenters. The lowest BCUT2D eigenvalue weighted by atomic mass is 10.2. The number of carbonyl (C=O) groups excluding carboxylic acids is 1. The molecule has 0 N–H and O–H groups in total. The van der Waals surface area contributed by atoms with Crippen molar-refractivity contribution in [1.29, 1.82) is 0 Å². The summed E-state index contributed by atoms with van der Waals surface area (Å²) >= 11 is 1.54. The minimum Gasteiger partial charge on any atom is -0.299 e. The highest BCUT2D eigenvalue weighted by atomic mass is 32.2. The van der Waals surface area contributed by atoms with Crippen molar-refractivity contribution < 1.29 is 4.79 Å². The second kappa shape index (κ2) is 6.10. The Morgan fingerprint density at radius 3 is 2.58 bits per heavy atom. The average Bonchev–Trinajstić information content (AvgIpc) is 3.10. The maximum Gasteiger partial charge on any atom is 0.219 e. The average molecular weight is 275 g/mol. The van der Waals surface area contributed by atoms with Gasteiger partial charge in [-0.05, 0) is 25.8 Å². The van der Waals surface area contributed by atoms with E-state index in [9.17, 15) is 4.79 Å². The summed E-state index contributed by atoms with van der Waals surface area (Å²) < 4.78 is 0. The Balaban J connectivity index is 1.53. The normalized spacial score (nSPS) is 24.9. The molecule has 102 valence electrons. The van der Waals surface area contributed by atoms with E-state index in [0.717, 1.165) is 18.2 Å². The van der Waals surface area contributed by atoms with E-state index in [1.165, 1.54) is 38.6 Å². The van der Waals surface area contributed by atoms with Gasteiger partial charge < -0.3 is 0 Å². The molecule has 1 heterocycles. The van der Waals surface area contributed by atoms with Crippen LogP contribution in [-0.2, 0) is 0 Å². The van der Waals surface area contributed by atoms with Gasteiger partial charge in [0.05, 0.1) is 0 Å². The molecule has 1 atom stereocenters. The minimum absolute atomic E-state index is 0.235. The van der Waals surface area contributed by atoms with Gasteiger partial charge in [-0.15, -0.1) is 0 Å². The first-order chi connectivity index (χ1) is 9.33. The van der Waals surface area contributed by atoms with Gasteiger partial charge in [0.1, 0.15) is 0 Å². The van der Waals surface area contributed by atoms with Gasteiger partial charge in [0.15, 0.2) is 0 Å².